The summed E-state index contributed by atoms with van der Waals surface area (Å²) in [4.78, 5) is 1.34. The van der Waals surface area contributed by atoms with Gasteiger partial charge in [-0.15, -0.1) is 11.3 Å². The van der Waals surface area contributed by atoms with Gasteiger partial charge in [-0.05, 0) is 56.0 Å². The Morgan fingerprint density at radius 1 is 1.14 bits per heavy atom. The Balaban J connectivity index is 1.65. The summed E-state index contributed by atoms with van der Waals surface area (Å²) in [5.41, 5.74) is 1.36. The molecular weight excluding hydrogens is 302 g/mol. The molecule has 0 saturated heterocycles. The third-order valence-corrected chi connectivity index (χ3v) is 4.81. The van der Waals surface area contributed by atoms with E-state index in [2.05, 4.69) is 30.4 Å². The molecule has 114 valence electrons. The van der Waals surface area contributed by atoms with E-state index in [-0.39, 0.29) is 0 Å². The smallest absolute Gasteiger partial charge is 0.118 e. The van der Waals surface area contributed by atoms with Gasteiger partial charge in [-0.25, -0.2) is 0 Å². The first-order chi connectivity index (χ1) is 10.2. The van der Waals surface area contributed by atoms with Crippen molar-refractivity contribution < 1.29 is 4.74 Å². The second-order valence-corrected chi connectivity index (χ2v) is 7.00. The summed E-state index contributed by atoms with van der Waals surface area (Å²) in [7, 11) is 1.70. The Bertz CT molecular complexity index is 538. The van der Waals surface area contributed by atoms with Gasteiger partial charge in [0.2, 0.25) is 0 Å². The van der Waals surface area contributed by atoms with Crippen molar-refractivity contribution in [3.05, 3.63) is 51.2 Å². The van der Waals surface area contributed by atoms with Gasteiger partial charge in [-0.3, -0.25) is 0 Å². The van der Waals surface area contributed by atoms with Crippen LogP contribution in [0.2, 0.25) is 4.34 Å². The van der Waals surface area contributed by atoms with E-state index in [9.17, 15) is 0 Å². The van der Waals surface area contributed by atoms with Crippen LogP contribution in [0.5, 0.6) is 5.75 Å². The first-order valence-electron chi connectivity index (χ1n) is 7.28. The minimum atomic E-state index is 0.516. The summed E-state index contributed by atoms with van der Waals surface area (Å²) in [5.74, 6) is 0.916. The Hall–Kier alpha value is -1.03. The first-order valence-corrected chi connectivity index (χ1v) is 8.47. The summed E-state index contributed by atoms with van der Waals surface area (Å²) in [6.07, 6.45) is 3.27. The number of nitrogens with one attached hydrogen (secondary N) is 1. The van der Waals surface area contributed by atoms with E-state index in [1.54, 1.807) is 18.4 Å². The van der Waals surface area contributed by atoms with E-state index in [0.717, 1.165) is 35.9 Å². The quantitative estimate of drug-likeness (QED) is 0.768. The maximum absolute atomic E-state index is 5.93. The maximum Gasteiger partial charge on any atom is 0.118 e. The Morgan fingerprint density at radius 3 is 2.52 bits per heavy atom. The third kappa shape index (κ3) is 5.70. The van der Waals surface area contributed by atoms with Gasteiger partial charge in [0.05, 0.1) is 11.4 Å². The molecule has 0 fully saturated rings. The first kappa shape index (κ1) is 16.3. The van der Waals surface area contributed by atoms with Crippen LogP contribution in [0, 0.1) is 0 Å². The summed E-state index contributed by atoms with van der Waals surface area (Å²) >= 11 is 7.60. The fourth-order valence-corrected chi connectivity index (χ4v) is 3.29. The van der Waals surface area contributed by atoms with E-state index in [1.165, 1.54) is 10.4 Å². The molecule has 1 N–H and O–H groups in total. The monoisotopic (exact) mass is 323 g/mol. The third-order valence-electron chi connectivity index (χ3n) is 3.52. The number of aryl methyl sites for hydroxylation is 1. The van der Waals surface area contributed by atoms with E-state index in [1.807, 2.05) is 18.2 Å². The molecule has 1 aromatic carbocycles. The maximum atomic E-state index is 5.93. The van der Waals surface area contributed by atoms with Gasteiger partial charge < -0.3 is 10.1 Å². The molecule has 2 aromatic rings. The molecule has 1 aromatic heterocycles. The highest BCUT2D eigenvalue weighted by Crippen LogP contribution is 2.21. The van der Waals surface area contributed by atoms with E-state index >= 15 is 0 Å². The molecule has 0 aliphatic heterocycles. The topological polar surface area (TPSA) is 21.3 Å². The number of thiophene rings is 1. The van der Waals surface area contributed by atoms with Crippen molar-refractivity contribution in [2.75, 3.05) is 13.7 Å². The molecule has 1 heterocycles. The molecule has 0 saturated carbocycles. The van der Waals surface area contributed by atoms with Crippen LogP contribution in [0.1, 0.15) is 23.8 Å². The molecule has 0 aliphatic rings. The van der Waals surface area contributed by atoms with Crippen LogP contribution in [0.3, 0.4) is 0 Å². The molecule has 2 nitrogen and oxygen atoms in total. The molecule has 0 radical (unpaired) electrons. The van der Waals surface area contributed by atoms with Crippen molar-refractivity contribution in [1.29, 1.82) is 0 Å². The Labute approximate surface area is 136 Å². The zero-order chi connectivity index (χ0) is 15.1. The molecule has 4 heteroatoms. The fourth-order valence-electron chi connectivity index (χ4n) is 2.21. The summed E-state index contributed by atoms with van der Waals surface area (Å²) in [6.45, 7) is 3.24. The van der Waals surface area contributed by atoms with Crippen LogP contribution < -0.4 is 10.1 Å². The van der Waals surface area contributed by atoms with Crippen LogP contribution >= 0.6 is 22.9 Å². The van der Waals surface area contributed by atoms with E-state index in [0.29, 0.717) is 6.04 Å². The van der Waals surface area contributed by atoms with E-state index in [4.69, 9.17) is 16.3 Å². The highest BCUT2D eigenvalue weighted by Gasteiger charge is 2.03. The summed E-state index contributed by atoms with van der Waals surface area (Å²) < 4.78 is 6.04. The van der Waals surface area contributed by atoms with Crippen LogP contribution in [0.15, 0.2) is 36.4 Å². The second kappa shape index (κ2) is 8.42. The van der Waals surface area contributed by atoms with Crippen LogP contribution in [-0.2, 0) is 12.8 Å². The Morgan fingerprint density at radius 2 is 1.90 bits per heavy atom. The predicted molar refractivity (Wildman–Crippen MR) is 91.8 cm³/mol. The molecule has 0 spiro atoms. The van der Waals surface area contributed by atoms with Gasteiger partial charge in [0.15, 0.2) is 0 Å². The van der Waals surface area contributed by atoms with Gasteiger partial charge >= 0.3 is 0 Å². The molecule has 0 bridgehead atoms. The van der Waals surface area contributed by atoms with Crippen molar-refractivity contribution in [2.24, 2.45) is 0 Å². The van der Waals surface area contributed by atoms with Gasteiger partial charge in [0.25, 0.3) is 0 Å². The van der Waals surface area contributed by atoms with E-state index < -0.39 is 0 Å². The molecule has 1 atom stereocenters. The van der Waals surface area contributed by atoms with Crippen molar-refractivity contribution in [3.63, 3.8) is 0 Å². The lowest BCUT2D eigenvalue weighted by Crippen LogP contribution is -2.28. The number of benzene rings is 1. The minimum Gasteiger partial charge on any atom is -0.497 e. The lowest BCUT2D eigenvalue weighted by atomic mass is 10.1. The van der Waals surface area contributed by atoms with Crippen molar-refractivity contribution >= 4 is 22.9 Å². The lowest BCUT2D eigenvalue weighted by Gasteiger charge is -2.13. The fraction of sp³-hybridized carbons (Fsp3) is 0.412. The van der Waals surface area contributed by atoms with Gasteiger partial charge in [-0.2, -0.15) is 0 Å². The van der Waals surface area contributed by atoms with Crippen molar-refractivity contribution in [2.45, 2.75) is 32.2 Å². The van der Waals surface area contributed by atoms with Crippen molar-refractivity contribution in [1.82, 2.24) is 5.32 Å². The number of hydrogen-bond acceptors (Lipinski definition) is 3. The molecule has 21 heavy (non-hydrogen) atoms. The van der Waals surface area contributed by atoms with Gasteiger partial charge in [0.1, 0.15) is 5.75 Å². The van der Waals surface area contributed by atoms with Gasteiger partial charge in [-0.1, -0.05) is 23.7 Å². The minimum absolute atomic E-state index is 0.516. The average molecular weight is 324 g/mol. The largest absolute Gasteiger partial charge is 0.497 e. The molecular formula is C17H22ClNOS. The lowest BCUT2D eigenvalue weighted by molar-refractivity contribution is 0.414. The molecule has 0 amide bonds. The van der Waals surface area contributed by atoms with Crippen LogP contribution in [0.25, 0.3) is 0 Å². The highest BCUT2D eigenvalue weighted by atomic mass is 35.5. The molecule has 2 rings (SSSR count). The number of hydrogen-bond donors (Lipinski definition) is 1. The number of methoxy groups -OCH3 is 1. The van der Waals surface area contributed by atoms with Crippen LogP contribution in [-0.4, -0.2) is 19.7 Å². The van der Waals surface area contributed by atoms with Gasteiger partial charge in [0, 0.05) is 17.5 Å². The SMILES string of the molecule is COc1ccc(CCC(C)NCCc2ccc(Cl)s2)cc1. The number of rotatable bonds is 8. The Kier molecular flexibility index (Phi) is 6.55. The predicted octanol–water partition coefficient (Wildman–Crippen LogP) is 4.56. The summed E-state index contributed by atoms with van der Waals surface area (Å²) in [6, 6.07) is 12.9. The number of ether oxygens (including phenoxy) is 1. The zero-order valence-electron chi connectivity index (χ0n) is 12.6. The second-order valence-electron chi connectivity index (χ2n) is 5.20. The standard InChI is InChI=1S/C17H22ClNOS/c1-13(19-12-11-16-9-10-17(18)21-16)3-4-14-5-7-15(20-2)8-6-14/h5-10,13,19H,3-4,11-12H2,1-2H3. The van der Waals surface area contributed by atoms with Crippen molar-refractivity contribution in [3.8, 4) is 5.75 Å². The highest BCUT2D eigenvalue weighted by molar-refractivity contribution is 7.16. The normalized spacial score (nSPS) is 12.3. The van der Waals surface area contributed by atoms with Crippen LogP contribution in [0.4, 0.5) is 0 Å². The number of halogens is 1. The summed E-state index contributed by atoms with van der Waals surface area (Å²) in [5, 5.41) is 3.57. The molecule has 0 aliphatic carbocycles. The average Bonchev–Trinajstić information content (AvgIpc) is 2.91. The molecule has 1 unspecified atom stereocenters. The zero-order valence-corrected chi connectivity index (χ0v) is 14.1.